The maximum atomic E-state index is 4.81. The van der Waals surface area contributed by atoms with Crippen LogP contribution < -0.4 is 5.32 Å². The minimum atomic E-state index is 0.931. The molecule has 19 heavy (non-hydrogen) atoms. The van der Waals surface area contributed by atoms with Crippen molar-refractivity contribution in [1.29, 1.82) is 0 Å². The van der Waals surface area contributed by atoms with Gasteiger partial charge in [0.15, 0.2) is 0 Å². The highest BCUT2D eigenvalue weighted by atomic mass is 32.1. The van der Waals surface area contributed by atoms with Crippen LogP contribution in [0.15, 0.2) is 24.3 Å². The van der Waals surface area contributed by atoms with E-state index in [1.165, 1.54) is 26.7 Å². The number of hydrogen-bond donors (Lipinski definition) is 1. The second-order valence-corrected chi connectivity index (χ2v) is 6.09. The molecule has 3 heteroatoms. The lowest BCUT2D eigenvalue weighted by Gasteiger charge is -1.98. The third kappa shape index (κ3) is 3.88. The molecule has 1 aromatic heterocycles. The molecule has 2 nitrogen and oxygen atoms in total. The first-order chi connectivity index (χ1) is 9.22. The molecule has 1 N–H and O–H groups in total. The van der Waals surface area contributed by atoms with Gasteiger partial charge in [0.1, 0.15) is 0 Å². The number of thiazole rings is 1. The Morgan fingerprint density at radius 1 is 1.21 bits per heavy atom. The monoisotopic (exact) mass is 274 g/mol. The Morgan fingerprint density at radius 3 is 2.58 bits per heavy atom. The van der Waals surface area contributed by atoms with Crippen molar-refractivity contribution < 1.29 is 0 Å². The lowest BCUT2D eigenvalue weighted by Crippen LogP contribution is -2.05. The molecule has 0 spiro atoms. The molecule has 0 radical (unpaired) electrons. The van der Waals surface area contributed by atoms with E-state index in [4.69, 9.17) is 4.98 Å². The Bertz CT molecular complexity index is 491. The van der Waals surface area contributed by atoms with Crippen LogP contribution in [-0.2, 0) is 19.4 Å². The zero-order valence-electron chi connectivity index (χ0n) is 12.0. The highest BCUT2D eigenvalue weighted by Gasteiger charge is 2.10. The minimum Gasteiger partial charge on any atom is -0.315 e. The molecular weight excluding hydrogens is 252 g/mol. The van der Waals surface area contributed by atoms with Crippen molar-refractivity contribution in [3.05, 3.63) is 51.0 Å². The van der Waals surface area contributed by atoms with E-state index in [-0.39, 0.29) is 0 Å². The maximum absolute atomic E-state index is 4.81. The molecule has 2 rings (SSSR count). The van der Waals surface area contributed by atoms with E-state index < -0.39 is 0 Å². The number of nitrogens with zero attached hydrogens (tertiary/aromatic N) is 1. The lowest BCUT2D eigenvalue weighted by atomic mass is 10.1. The van der Waals surface area contributed by atoms with Crippen molar-refractivity contribution in [2.75, 3.05) is 7.05 Å². The van der Waals surface area contributed by atoms with Gasteiger partial charge >= 0.3 is 0 Å². The van der Waals surface area contributed by atoms with Gasteiger partial charge in [-0.05, 0) is 26.0 Å². The average molecular weight is 274 g/mol. The topological polar surface area (TPSA) is 24.9 Å². The summed E-state index contributed by atoms with van der Waals surface area (Å²) < 4.78 is 0. The molecule has 0 fully saturated rings. The van der Waals surface area contributed by atoms with Crippen LogP contribution >= 0.6 is 11.3 Å². The zero-order valence-corrected chi connectivity index (χ0v) is 12.8. The van der Waals surface area contributed by atoms with Gasteiger partial charge in [0.05, 0.1) is 10.7 Å². The van der Waals surface area contributed by atoms with Crippen molar-refractivity contribution in [3.63, 3.8) is 0 Å². The number of benzene rings is 1. The Labute approximate surface area is 119 Å². The van der Waals surface area contributed by atoms with Crippen molar-refractivity contribution in [2.45, 2.75) is 39.7 Å². The van der Waals surface area contributed by atoms with E-state index in [1.54, 1.807) is 0 Å². The molecule has 0 atom stereocenters. The van der Waals surface area contributed by atoms with Crippen molar-refractivity contribution in [1.82, 2.24) is 10.3 Å². The molecule has 0 aliphatic rings. The number of rotatable bonds is 6. The smallest absolute Gasteiger partial charge is 0.0975 e. The molecule has 0 saturated heterocycles. The summed E-state index contributed by atoms with van der Waals surface area (Å²) >= 11 is 1.85. The first-order valence-electron chi connectivity index (χ1n) is 6.90. The number of aryl methyl sites for hydroxylation is 2. The van der Waals surface area contributed by atoms with Gasteiger partial charge in [-0.2, -0.15) is 0 Å². The summed E-state index contributed by atoms with van der Waals surface area (Å²) in [6.45, 7) is 5.26. The second kappa shape index (κ2) is 6.83. The van der Waals surface area contributed by atoms with Gasteiger partial charge in [-0.15, -0.1) is 11.3 Å². The number of aromatic nitrogens is 1. The predicted molar refractivity (Wildman–Crippen MR) is 82.9 cm³/mol. The highest BCUT2D eigenvalue weighted by molar-refractivity contribution is 7.11. The fraction of sp³-hybridized carbons (Fsp3) is 0.438. The number of hydrogen-bond acceptors (Lipinski definition) is 3. The van der Waals surface area contributed by atoms with Crippen molar-refractivity contribution >= 4 is 11.3 Å². The molecule has 0 amide bonds. The maximum Gasteiger partial charge on any atom is 0.0975 e. The summed E-state index contributed by atoms with van der Waals surface area (Å²) in [5.74, 6) is 0. The summed E-state index contributed by atoms with van der Waals surface area (Å²) in [7, 11) is 2.00. The third-order valence-electron chi connectivity index (χ3n) is 3.12. The van der Waals surface area contributed by atoms with E-state index in [9.17, 15) is 0 Å². The standard InChI is InChI=1S/C16H22N2S/c1-4-5-14-15(11-17-3)19-16(18-14)10-13-8-6-12(2)7-9-13/h6-9,17H,4-5,10-11H2,1-3H3. The van der Waals surface area contributed by atoms with E-state index in [0.29, 0.717) is 0 Å². The Kier molecular flexibility index (Phi) is 5.11. The van der Waals surface area contributed by atoms with Crippen LogP contribution in [0.3, 0.4) is 0 Å². The first kappa shape index (κ1) is 14.2. The van der Waals surface area contributed by atoms with Gasteiger partial charge in [0, 0.05) is 17.8 Å². The van der Waals surface area contributed by atoms with Crippen molar-refractivity contribution in [3.8, 4) is 0 Å². The Hall–Kier alpha value is -1.19. The van der Waals surface area contributed by atoms with Gasteiger partial charge in [0.25, 0.3) is 0 Å². The molecule has 0 unspecified atom stereocenters. The predicted octanol–water partition coefficient (Wildman–Crippen LogP) is 3.71. The zero-order chi connectivity index (χ0) is 13.7. The Morgan fingerprint density at radius 2 is 1.95 bits per heavy atom. The second-order valence-electron chi connectivity index (χ2n) is 4.92. The fourth-order valence-corrected chi connectivity index (χ4v) is 3.28. The van der Waals surface area contributed by atoms with E-state index in [2.05, 4.69) is 43.4 Å². The summed E-state index contributed by atoms with van der Waals surface area (Å²) in [4.78, 5) is 6.21. The van der Waals surface area contributed by atoms with Crippen LogP contribution in [-0.4, -0.2) is 12.0 Å². The molecule has 0 bridgehead atoms. The van der Waals surface area contributed by atoms with E-state index in [1.807, 2.05) is 18.4 Å². The molecule has 2 aromatic rings. The average Bonchev–Trinajstić information content (AvgIpc) is 2.75. The lowest BCUT2D eigenvalue weighted by molar-refractivity contribution is 0.796. The fourth-order valence-electron chi connectivity index (χ4n) is 2.12. The Balaban J connectivity index is 2.15. The van der Waals surface area contributed by atoms with Crippen LogP contribution in [0.2, 0.25) is 0 Å². The molecular formula is C16H22N2S. The van der Waals surface area contributed by atoms with Gasteiger partial charge in [-0.1, -0.05) is 43.2 Å². The van der Waals surface area contributed by atoms with E-state index in [0.717, 1.165) is 25.8 Å². The normalized spacial score (nSPS) is 10.9. The van der Waals surface area contributed by atoms with E-state index >= 15 is 0 Å². The molecule has 0 aliphatic carbocycles. The van der Waals surface area contributed by atoms with Crippen LogP contribution in [0.5, 0.6) is 0 Å². The summed E-state index contributed by atoms with van der Waals surface area (Å²) in [6.07, 6.45) is 3.19. The van der Waals surface area contributed by atoms with Gasteiger partial charge in [-0.25, -0.2) is 4.98 Å². The largest absolute Gasteiger partial charge is 0.315 e. The van der Waals surface area contributed by atoms with Gasteiger partial charge in [0.2, 0.25) is 0 Å². The van der Waals surface area contributed by atoms with Crippen LogP contribution in [0.25, 0.3) is 0 Å². The molecule has 0 aliphatic heterocycles. The van der Waals surface area contributed by atoms with Crippen LogP contribution in [0.1, 0.15) is 40.1 Å². The summed E-state index contributed by atoms with van der Waals surface area (Å²) in [6, 6.07) is 8.75. The summed E-state index contributed by atoms with van der Waals surface area (Å²) in [5, 5.41) is 4.47. The molecule has 1 heterocycles. The van der Waals surface area contributed by atoms with Crippen LogP contribution in [0.4, 0.5) is 0 Å². The van der Waals surface area contributed by atoms with Gasteiger partial charge < -0.3 is 5.32 Å². The SMILES string of the molecule is CCCc1nc(Cc2ccc(C)cc2)sc1CNC. The molecule has 0 saturated carbocycles. The summed E-state index contributed by atoms with van der Waals surface area (Å²) in [5.41, 5.74) is 3.94. The van der Waals surface area contributed by atoms with Crippen LogP contribution in [0, 0.1) is 6.92 Å². The molecule has 102 valence electrons. The van der Waals surface area contributed by atoms with Gasteiger partial charge in [-0.3, -0.25) is 0 Å². The number of nitrogens with one attached hydrogen (secondary N) is 1. The minimum absolute atomic E-state index is 0.931. The first-order valence-corrected chi connectivity index (χ1v) is 7.72. The molecule has 1 aromatic carbocycles. The highest BCUT2D eigenvalue weighted by Crippen LogP contribution is 2.22. The third-order valence-corrected chi connectivity index (χ3v) is 4.22. The van der Waals surface area contributed by atoms with Crippen molar-refractivity contribution in [2.24, 2.45) is 0 Å². The quantitative estimate of drug-likeness (QED) is 0.868.